The first-order valence-corrected chi connectivity index (χ1v) is 8.70. The van der Waals surface area contributed by atoms with E-state index < -0.39 is 0 Å². The van der Waals surface area contributed by atoms with Gasteiger partial charge < -0.3 is 10.1 Å². The fraction of sp³-hybridized carbons (Fsp3) is 1.00. The van der Waals surface area contributed by atoms with Crippen molar-refractivity contribution in [2.75, 3.05) is 13.2 Å². The molecule has 3 fully saturated rings. The van der Waals surface area contributed by atoms with Crippen molar-refractivity contribution in [3.05, 3.63) is 0 Å². The quantitative estimate of drug-likeness (QED) is 0.814. The monoisotopic (exact) mass is 265 g/mol. The zero-order valence-corrected chi connectivity index (χ0v) is 12.6. The van der Waals surface area contributed by atoms with Gasteiger partial charge >= 0.3 is 0 Å². The average molecular weight is 265 g/mol. The third kappa shape index (κ3) is 2.71. The van der Waals surface area contributed by atoms with Crippen molar-refractivity contribution in [3.8, 4) is 0 Å². The predicted molar refractivity (Wildman–Crippen MR) is 79.3 cm³/mol. The van der Waals surface area contributed by atoms with Gasteiger partial charge in [-0.15, -0.1) is 0 Å². The van der Waals surface area contributed by atoms with Crippen LogP contribution in [-0.2, 0) is 4.74 Å². The van der Waals surface area contributed by atoms with Crippen LogP contribution in [-0.4, -0.2) is 25.3 Å². The van der Waals surface area contributed by atoms with Crippen LogP contribution >= 0.6 is 0 Å². The molecule has 2 nitrogen and oxygen atoms in total. The summed E-state index contributed by atoms with van der Waals surface area (Å²) in [5.41, 5.74) is 0.519. The topological polar surface area (TPSA) is 21.3 Å². The van der Waals surface area contributed by atoms with Crippen molar-refractivity contribution >= 4 is 0 Å². The van der Waals surface area contributed by atoms with Crippen LogP contribution in [0.1, 0.15) is 71.1 Å². The van der Waals surface area contributed by atoms with E-state index in [1.165, 1.54) is 70.8 Å². The van der Waals surface area contributed by atoms with Gasteiger partial charge in [0.1, 0.15) is 0 Å². The Kier molecular flexibility index (Phi) is 4.48. The number of rotatable bonds is 5. The van der Waals surface area contributed by atoms with Crippen LogP contribution in [0.2, 0.25) is 0 Å². The van der Waals surface area contributed by atoms with Gasteiger partial charge in [-0.05, 0) is 51.5 Å². The van der Waals surface area contributed by atoms with Gasteiger partial charge in [0, 0.05) is 18.1 Å². The largest absolute Gasteiger partial charge is 0.378 e. The molecule has 0 aromatic carbocycles. The lowest BCUT2D eigenvalue weighted by Gasteiger charge is -2.54. The van der Waals surface area contributed by atoms with Crippen LogP contribution in [0, 0.1) is 11.3 Å². The molecule has 2 heteroatoms. The van der Waals surface area contributed by atoms with Crippen molar-refractivity contribution in [2.45, 2.75) is 83.3 Å². The first-order chi connectivity index (χ1) is 9.35. The summed E-state index contributed by atoms with van der Waals surface area (Å²) in [5.74, 6) is 0.957. The second-order valence-corrected chi connectivity index (χ2v) is 7.08. The van der Waals surface area contributed by atoms with Gasteiger partial charge in [0.2, 0.25) is 0 Å². The molecule has 0 bridgehead atoms. The number of ether oxygens (including phenoxy) is 1. The van der Waals surface area contributed by atoms with Gasteiger partial charge in [0.25, 0.3) is 0 Å². The lowest BCUT2D eigenvalue weighted by Crippen LogP contribution is -2.63. The average Bonchev–Trinajstić information content (AvgIpc) is 2.95. The maximum atomic E-state index is 6.00. The molecule has 3 rings (SSSR count). The standard InChI is InChI=1S/C17H31NO/c1-2-19-16-12-15(17(16)10-6-7-11-17)18-13-14-8-4-3-5-9-14/h14-16,18H,2-13H2,1H3. The van der Waals surface area contributed by atoms with Gasteiger partial charge in [0.15, 0.2) is 0 Å². The molecule has 0 saturated heterocycles. The molecule has 2 unspecified atom stereocenters. The summed E-state index contributed by atoms with van der Waals surface area (Å²) in [5, 5.41) is 3.93. The molecule has 0 amide bonds. The van der Waals surface area contributed by atoms with E-state index in [4.69, 9.17) is 4.74 Å². The highest BCUT2D eigenvalue weighted by molar-refractivity contribution is 5.10. The van der Waals surface area contributed by atoms with Crippen LogP contribution in [0.3, 0.4) is 0 Å². The Morgan fingerprint density at radius 3 is 2.47 bits per heavy atom. The Bertz CT molecular complexity index is 279. The van der Waals surface area contributed by atoms with Crippen molar-refractivity contribution < 1.29 is 4.74 Å². The molecule has 0 radical (unpaired) electrons. The molecular weight excluding hydrogens is 234 g/mol. The molecule has 1 spiro atoms. The maximum absolute atomic E-state index is 6.00. The Balaban J connectivity index is 1.50. The molecule has 3 aliphatic rings. The van der Waals surface area contributed by atoms with E-state index in [1.807, 2.05) is 0 Å². The Morgan fingerprint density at radius 2 is 1.79 bits per heavy atom. The van der Waals surface area contributed by atoms with Gasteiger partial charge in [-0.2, -0.15) is 0 Å². The molecule has 0 aromatic rings. The van der Waals surface area contributed by atoms with Crippen LogP contribution < -0.4 is 5.32 Å². The third-order valence-corrected chi connectivity index (χ3v) is 6.06. The van der Waals surface area contributed by atoms with Crippen molar-refractivity contribution in [2.24, 2.45) is 11.3 Å². The number of nitrogens with one attached hydrogen (secondary N) is 1. The highest BCUT2D eigenvalue weighted by Crippen LogP contribution is 2.54. The molecule has 3 aliphatic carbocycles. The van der Waals surface area contributed by atoms with Gasteiger partial charge in [-0.1, -0.05) is 32.1 Å². The minimum Gasteiger partial charge on any atom is -0.378 e. The SMILES string of the molecule is CCOC1CC(NCC2CCCCC2)C12CCCC2. The summed E-state index contributed by atoms with van der Waals surface area (Å²) in [6, 6.07) is 0.758. The molecule has 2 atom stereocenters. The van der Waals surface area contributed by atoms with Gasteiger partial charge in [0.05, 0.1) is 6.10 Å². The number of hydrogen-bond donors (Lipinski definition) is 1. The van der Waals surface area contributed by atoms with E-state index >= 15 is 0 Å². The lowest BCUT2D eigenvalue weighted by molar-refractivity contribution is -0.131. The fourth-order valence-electron chi connectivity index (χ4n) is 4.87. The first-order valence-electron chi connectivity index (χ1n) is 8.70. The molecule has 0 heterocycles. The van der Waals surface area contributed by atoms with Crippen LogP contribution in [0.15, 0.2) is 0 Å². The smallest absolute Gasteiger partial charge is 0.0661 e. The molecule has 0 aliphatic heterocycles. The summed E-state index contributed by atoms with van der Waals surface area (Å²) in [6.45, 7) is 4.30. The normalized spacial score (nSPS) is 34.6. The Labute approximate surface area is 118 Å². The van der Waals surface area contributed by atoms with Crippen molar-refractivity contribution in [1.82, 2.24) is 5.32 Å². The van der Waals surface area contributed by atoms with Gasteiger partial charge in [-0.3, -0.25) is 0 Å². The minimum absolute atomic E-state index is 0.519. The van der Waals surface area contributed by atoms with Crippen molar-refractivity contribution in [3.63, 3.8) is 0 Å². The van der Waals surface area contributed by atoms with Crippen LogP contribution in [0.4, 0.5) is 0 Å². The summed E-state index contributed by atoms with van der Waals surface area (Å²) < 4.78 is 6.00. The van der Waals surface area contributed by atoms with Crippen molar-refractivity contribution in [1.29, 1.82) is 0 Å². The first kappa shape index (κ1) is 13.9. The Hall–Kier alpha value is -0.0800. The summed E-state index contributed by atoms with van der Waals surface area (Å²) in [7, 11) is 0. The van der Waals surface area contributed by atoms with E-state index in [0.717, 1.165) is 18.6 Å². The highest BCUT2D eigenvalue weighted by atomic mass is 16.5. The highest BCUT2D eigenvalue weighted by Gasteiger charge is 2.56. The van der Waals surface area contributed by atoms with Gasteiger partial charge in [-0.25, -0.2) is 0 Å². The van der Waals surface area contributed by atoms with E-state index in [1.54, 1.807) is 0 Å². The zero-order chi connectivity index (χ0) is 13.1. The zero-order valence-electron chi connectivity index (χ0n) is 12.6. The Morgan fingerprint density at radius 1 is 1.05 bits per heavy atom. The second kappa shape index (κ2) is 6.13. The van der Waals surface area contributed by atoms with E-state index in [-0.39, 0.29) is 0 Å². The fourth-order valence-corrected chi connectivity index (χ4v) is 4.87. The van der Waals surface area contributed by atoms with E-state index in [9.17, 15) is 0 Å². The van der Waals surface area contributed by atoms with Crippen LogP contribution in [0.25, 0.3) is 0 Å². The summed E-state index contributed by atoms with van der Waals surface area (Å²) in [4.78, 5) is 0. The minimum atomic E-state index is 0.519. The predicted octanol–water partition coefficient (Wildman–Crippen LogP) is 3.89. The number of hydrogen-bond acceptors (Lipinski definition) is 2. The van der Waals surface area contributed by atoms with E-state index in [0.29, 0.717) is 11.5 Å². The lowest BCUT2D eigenvalue weighted by atomic mass is 9.60. The summed E-state index contributed by atoms with van der Waals surface area (Å²) >= 11 is 0. The maximum Gasteiger partial charge on any atom is 0.0661 e. The molecule has 3 saturated carbocycles. The molecule has 19 heavy (non-hydrogen) atoms. The van der Waals surface area contributed by atoms with Crippen LogP contribution in [0.5, 0.6) is 0 Å². The van der Waals surface area contributed by atoms with E-state index in [2.05, 4.69) is 12.2 Å². The molecule has 110 valence electrons. The third-order valence-electron chi connectivity index (χ3n) is 6.06. The molecular formula is C17H31NO. The molecule has 0 aromatic heterocycles. The summed E-state index contributed by atoms with van der Waals surface area (Å²) in [6.07, 6.45) is 14.8. The second-order valence-electron chi connectivity index (χ2n) is 7.08. The molecule has 1 N–H and O–H groups in total.